The summed E-state index contributed by atoms with van der Waals surface area (Å²) in [5.41, 5.74) is 0.887. The summed E-state index contributed by atoms with van der Waals surface area (Å²) in [6, 6.07) is 3.69. The molecule has 6 nitrogen and oxygen atoms in total. The number of aromatic nitrogens is 4. The Labute approximate surface area is 97.3 Å². The van der Waals surface area contributed by atoms with E-state index in [9.17, 15) is 4.79 Å². The molecule has 0 saturated carbocycles. The van der Waals surface area contributed by atoms with Crippen LogP contribution in [0.5, 0.6) is 0 Å². The highest BCUT2D eigenvalue weighted by Gasteiger charge is 2.07. The SMILES string of the molecule is Cl.O=C(O)c1cn(Cc2cccnc2)nn1. The molecule has 0 aliphatic rings. The highest BCUT2D eigenvalue weighted by atomic mass is 35.5. The van der Waals surface area contributed by atoms with E-state index in [0.29, 0.717) is 6.54 Å². The molecule has 0 unspecified atom stereocenters. The third kappa shape index (κ3) is 2.77. The van der Waals surface area contributed by atoms with Crippen molar-refractivity contribution >= 4 is 18.4 Å². The molecule has 84 valence electrons. The van der Waals surface area contributed by atoms with Crippen molar-refractivity contribution in [3.63, 3.8) is 0 Å². The van der Waals surface area contributed by atoms with Crippen molar-refractivity contribution in [1.82, 2.24) is 20.0 Å². The molecule has 0 radical (unpaired) electrons. The van der Waals surface area contributed by atoms with Crippen LogP contribution in [0.25, 0.3) is 0 Å². The van der Waals surface area contributed by atoms with Gasteiger partial charge < -0.3 is 5.11 Å². The summed E-state index contributed by atoms with van der Waals surface area (Å²) in [5, 5.41) is 15.8. The summed E-state index contributed by atoms with van der Waals surface area (Å²) >= 11 is 0. The number of carbonyl (C=O) groups is 1. The second kappa shape index (κ2) is 5.22. The number of hydrogen-bond acceptors (Lipinski definition) is 4. The lowest BCUT2D eigenvalue weighted by molar-refractivity contribution is 0.0690. The van der Waals surface area contributed by atoms with Gasteiger partial charge in [-0.2, -0.15) is 0 Å². The van der Waals surface area contributed by atoms with Gasteiger partial charge in [-0.05, 0) is 11.6 Å². The Morgan fingerprint density at radius 2 is 2.31 bits per heavy atom. The predicted molar refractivity (Wildman–Crippen MR) is 57.6 cm³/mol. The molecule has 2 rings (SSSR count). The number of nitrogens with zero attached hydrogens (tertiary/aromatic N) is 4. The van der Waals surface area contributed by atoms with E-state index in [1.54, 1.807) is 12.4 Å². The molecule has 7 heteroatoms. The minimum atomic E-state index is -1.08. The summed E-state index contributed by atoms with van der Waals surface area (Å²) in [4.78, 5) is 14.5. The van der Waals surface area contributed by atoms with Gasteiger partial charge in [0.2, 0.25) is 0 Å². The lowest BCUT2D eigenvalue weighted by Crippen LogP contribution is -2.00. The van der Waals surface area contributed by atoms with Crippen molar-refractivity contribution in [2.75, 3.05) is 0 Å². The van der Waals surface area contributed by atoms with Gasteiger partial charge in [-0.3, -0.25) is 4.98 Å². The maximum Gasteiger partial charge on any atom is 0.358 e. The molecule has 2 aromatic heterocycles. The number of pyridine rings is 1. The number of rotatable bonds is 3. The summed E-state index contributed by atoms with van der Waals surface area (Å²) in [6.45, 7) is 0.466. The van der Waals surface area contributed by atoms with Crippen molar-refractivity contribution in [1.29, 1.82) is 0 Å². The smallest absolute Gasteiger partial charge is 0.358 e. The van der Waals surface area contributed by atoms with Crippen LogP contribution in [0.3, 0.4) is 0 Å². The first-order chi connectivity index (χ1) is 7.25. The predicted octanol–water partition coefficient (Wildman–Crippen LogP) is 0.841. The standard InChI is InChI=1S/C9H8N4O2.ClH/c14-9(15)8-6-13(12-11-8)5-7-2-1-3-10-4-7;/h1-4,6H,5H2,(H,14,15);1H. The molecule has 0 spiro atoms. The number of hydrogen-bond donors (Lipinski definition) is 1. The molecular formula is C9H9ClN4O2. The Hall–Kier alpha value is -1.95. The van der Waals surface area contributed by atoms with E-state index in [4.69, 9.17) is 5.11 Å². The van der Waals surface area contributed by atoms with Gasteiger partial charge in [0.1, 0.15) is 0 Å². The summed E-state index contributed by atoms with van der Waals surface area (Å²) in [7, 11) is 0. The summed E-state index contributed by atoms with van der Waals surface area (Å²) in [6.07, 6.45) is 4.75. The fourth-order valence-electron chi connectivity index (χ4n) is 1.15. The van der Waals surface area contributed by atoms with Gasteiger partial charge in [-0.1, -0.05) is 11.3 Å². The average molecular weight is 241 g/mol. The fraction of sp³-hybridized carbons (Fsp3) is 0.111. The third-order valence-corrected chi connectivity index (χ3v) is 1.83. The molecule has 0 amide bonds. The number of halogens is 1. The van der Waals surface area contributed by atoms with Crippen LogP contribution in [-0.4, -0.2) is 31.1 Å². The van der Waals surface area contributed by atoms with Gasteiger partial charge in [0.15, 0.2) is 5.69 Å². The fourth-order valence-corrected chi connectivity index (χ4v) is 1.15. The molecule has 16 heavy (non-hydrogen) atoms. The zero-order chi connectivity index (χ0) is 10.7. The summed E-state index contributed by atoms with van der Waals surface area (Å²) in [5.74, 6) is -1.08. The van der Waals surface area contributed by atoms with Crippen LogP contribution in [0.4, 0.5) is 0 Å². The second-order valence-electron chi connectivity index (χ2n) is 2.97. The Morgan fingerprint density at radius 1 is 1.50 bits per heavy atom. The van der Waals surface area contributed by atoms with Crippen LogP contribution in [-0.2, 0) is 6.54 Å². The van der Waals surface area contributed by atoms with Crippen molar-refractivity contribution < 1.29 is 9.90 Å². The Bertz CT molecular complexity index is 471. The average Bonchev–Trinajstić information content (AvgIpc) is 2.68. The van der Waals surface area contributed by atoms with E-state index in [1.165, 1.54) is 10.9 Å². The van der Waals surface area contributed by atoms with E-state index >= 15 is 0 Å². The molecule has 0 fully saturated rings. The van der Waals surface area contributed by atoms with Gasteiger partial charge in [-0.15, -0.1) is 17.5 Å². The molecule has 0 atom stereocenters. The Kier molecular flexibility index (Phi) is 3.96. The summed E-state index contributed by atoms with van der Waals surface area (Å²) < 4.78 is 1.46. The first-order valence-corrected chi connectivity index (χ1v) is 4.28. The van der Waals surface area contributed by atoms with Crippen molar-refractivity contribution in [3.8, 4) is 0 Å². The minimum Gasteiger partial charge on any atom is -0.476 e. The van der Waals surface area contributed by atoms with Gasteiger partial charge in [0.05, 0.1) is 12.7 Å². The Morgan fingerprint density at radius 3 is 2.88 bits per heavy atom. The van der Waals surface area contributed by atoms with Gasteiger partial charge in [0, 0.05) is 12.4 Å². The molecule has 2 heterocycles. The van der Waals surface area contributed by atoms with Gasteiger partial charge in [0.25, 0.3) is 0 Å². The maximum absolute atomic E-state index is 10.5. The van der Waals surface area contributed by atoms with E-state index in [1.807, 2.05) is 12.1 Å². The Balaban J connectivity index is 0.00000128. The van der Waals surface area contributed by atoms with E-state index in [2.05, 4.69) is 15.3 Å². The van der Waals surface area contributed by atoms with Crippen molar-refractivity contribution in [2.45, 2.75) is 6.54 Å². The van der Waals surface area contributed by atoms with Crippen LogP contribution < -0.4 is 0 Å². The first-order valence-electron chi connectivity index (χ1n) is 4.28. The number of carboxylic acid groups (broad SMARTS) is 1. The van der Waals surface area contributed by atoms with Gasteiger partial charge >= 0.3 is 5.97 Å². The zero-order valence-electron chi connectivity index (χ0n) is 8.15. The molecule has 1 N–H and O–H groups in total. The normalized spacial score (nSPS) is 9.50. The lowest BCUT2D eigenvalue weighted by Gasteiger charge is -1.98. The van der Waals surface area contributed by atoms with Crippen LogP contribution in [0.15, 0.2) is 30.7 Å². The molecular weight excluding hydrogens is 232 g/mol. The molecule has 0 aliphatic heterocycles. The molecule has 2 aromatic rings. The number of aromatic carboxylic acids is 1. The second-order valence-corrected chi connectivity index (χ2v) is 2.97. The van der Waals surface area contributed by atoms with E-state index in [0.717, 1.165) is 5.56 Å². The minimum absolute atomic E-state index is 0. The van der Waals surface area contributed by atoms with Crippen LogP contribution in [0, 0.1) is 0 Å². The third-order valence-electron chi connectivity index (χ3n) is 1.83. The zero-order valence-corrected chi connectivity index (χ0v) is 8.96. The maximum atomic E-state index is 10.5. The van der Waals surface area contributed by atoms with Crippen molar-refractivity contribution in [3.05, 3.63) is 42.0 Å². The number of carboxylic acids is 1. The quantitative estimate of drug-likeness (QED) is 0.860. The molecule has 0 aliphatic carbocycles. The highest BCUT2D eigenvalue weighted by Crippen LogP contribution is 2.00. The van der Waals surface area contributed by atoms with Crippen LogP contribution >= 0.6 is 12.4 Å². The first kappa shape index (κ1) is 12.1. The monoisotopic (exact) mass is 240 g/mol. The van der Waals surface area contributed by atoms with Crippen molar-refractivity contribution in [2.24, 2.45) is 0 Å². The van der Waals surface area contributed by atoms with Gasteiger partial charge in [-0.25, -0.2) is 9.48 Å². The van der Waals surface area contributed by atoms with Crippen LogP contribution in [0.2, 0.25) is 0 Å². The molecule has 0 aromatic carbocycles. The topological polar surface area (TPSA) is 80.9 Å². The van der Waals surface area contributed by atoms with E-state index in [-0.39, 0.29) is 18.1 Å². The molecule has 0 saturated heterocycles. The van der Waals surface area contributed by atoms with E-state index < -0.39 is 5.97 Å². The van der Waals surface area contributed by atoms with Crippen LogP contribution in [0.1, 0.15) is 16.1 Å². The largest absolute Gasteiger partial charge is 0.476 e. The highest BCUT2D eigenvalue weighted by molar-refractivity contribution is 5.85. The molecule has 0 bridgehead atoms. The lowest BCUT2D eigenvalue weighted by atomic mass is 10.3.